The van der Waals surface area contributed by atoms with E-state index in [2.05, 4.69) is 15.0 Å². The van der Waals surface area contributed by atoms with E-state index >= 15 is 0 Å². The third-order valence-electron chi connectivity index (χ3n) is 3.62. The van der Waals surface area contributed by atoms with E-state index in [0.717, 1.165) is 5.69 Å². The van der Waals surface area contributed by atoms with Gasteiger partial charge in [-0.3, -0.25) is 9.52 Å². The Bertz CT molecular complexity index is 1070. The predicted molar refractivity (Wildman–Crippen MR) is 89.6 cm³/mol. The molecule has 23 heavy (non-hydrogen) atoms. The molecule has 0 aliphatic carbocycles. The summed E-state index contributed by atoms with van der Waals surface area (Å²) in [5.74, 6) is -0.219. The summed E-state index contributed by atoms with van der Waals surface area (Å²) < 4.78 is 27.9. The fourth-order valence-corrected chi connectivity index (χ4v) is 4.81. The molecule has 1 aliphatic heterocycles. The lowest BCUT2D eigenvalue weighted by atomic mass is 10.1. The first-order chi connectivity index (χ1) is 11.0. The van der Waals surface area contributed by atoms with Gasteiger partial charge in [0.2, 0.25) is 0 Å². The van der Waals surface area contributed by atoms with Crippen molar-refractivity contribution in [2.75, 3.05) is 10.0 Å². The lowest BCUT2D eigenvalue weighted by Gasteiger charge is -2.09. The van der Waals surface area contributed by atoms with Crippen LogP contribution in [0.2, 0.25) is 0 Å². The van der Waals surface area contributed by atoms with Gasteiger partial charge in [-0.1, -0.05) is 12.1 Å². The maximum Gasteiger partial charge on any atom is 0.264 e. The number of aromatic nitrogens is 1. The summed E-state index contributed by atoms with van der Waals surface area (Å²) in [5.41, 5.74) is 1.87. The van der Waals surface area contributed by atoms with Crippen LogP contribution in [0, 0.1) is 6.92 Å². The van der Waals surface area contributed by atoms with Crippen molar-refractivity contribution in [3.8, 4) is 0 Å². The summed E-state index contributed by atoms with van der Waals surface area (Å²) in [6.07, 6.45) is 0. The van der Waals surface area contributed by atoms with Gasteiger partial charge in [0.1, 0.15) is 0 Å². The van der Waals surface area contributed by atoms with Gasteiger partial charge >= 0.3 is 0 Å². The molecular formula is C15H11N3O3S2. The van der Waals surface area contributed by atoms with Crippen LogP contribution >= 0.6 is 11.3 Å². The second kappa shape index (κ2) is 4.77. The highest BCUT2D eigenvalue weighted by atomic mass is 32.2. The molecule has 2 N–H and O–H groups in total. The molecule has 2 aromatic carbocycles. The number of anilines is 2. The van der Waals surface area contributed by atoms with Gasteiger partial charge in [0.05, 0.1) is 10.6 Å². The summed E-state index contributed by atoms with van der Waals surface area (Å²) in [6, 6.07) is 8.17. The normalized spacial score (nSPS) is 13.3. The van der Waals surface area contributed by atoms with Crippen LogP contribution in [0.4, 0.5) is 10.8 Å². The number of sulfonamides is 1. The zero-order chi connectivity index (χ0) is 16.2. The summed E-state index contributed by atoms with van der Waals surface area (Å²) in [5, 5.41) is 5.98. The van der Waals surface area contributed by atoms with E-state index in [1.165, 1.54) is 17.4 Å². The van der Waals surface area contributed by atoms with E-state index in [1.807, 2.05) is 0 Å². The molecule has 4 rings (SSSR count). The number of amides is 1. The lowest BCUT2D eigenvalue weighted by molar-refractivity contribution is 0.103. The summed E-state index contributed by atoms with van der Waals surface area (Å²) in [4.78, 5) is 16.2. The Morgan fingerprint density at radius 2 is 2.04 bits per heavy atom. The van der Waals surface area contributed by atoms with Crippen LogP contribution in [0.25, 0.3) is 10.8 Å². The highest BCUT2D eigenvalue weighted by molar-refractivity contribution is 7.93. The molecule has 0 fully saturated rings. The van der Waals surface area contributed by atoms with Gasteiger partial charge in [-0.05, 0) is 25.1 Å². The van der Waals surface area contributed by atoms with Gasteiger partial charge in [-0.2, -0.15) is 0 Å². The van der Waals surface area contributed by atoms with E-state index in [-0.39, 0.29) is 10.8 Å². The van der Waals surface area contributed by atoms with Crippen molar-refractivity contribution in [3.63, 3.8) is 0 Å². The number of nitrogens with one attached hydrogen (secondary N) is 2. The number of carbonyl (C=O) groups excluding carboxylic acids is 1. The molecule has 0 radical (unpaired) electrons. The lowest BCUT2D eigenvalue weighted by Crippen LogP contribution is -2.13. The van der Waals surface area contributed by atoms with Gasteiger partial charge in [-0.25, -0.2) is 13.4 Å². The van der Waals surface area contributed by atoms with Crippen molar-refractivity contribution in [3.05, 3.63) is 47.0 Å². The molecule has 0 spiro atoms. The fraction of sp³-hybridized carbons (Fsp3) is 0.0667. The summed E-state index contributed by atoms with van der Waals surface area (Å²) >= 11 is 1.23. The number of carbonyl (C=O) groups is 1. The van der Waals surface area contributed by atoms with Gasteiger partial charge in [0.15, 0.2) is 5.13 Å². The zero-order valence-electron chi connectivity index (χ0n) is 12.0. The van der Waals surface area contributed by atoms with Crippen molar-refractivity contribution in [2.45, 2.75) is 11.8 Å². The Morgan fingerprint density at radius 1 is 1.22 bits per heavy atom. The van der Waals surface area contributed by atoms with E-state index < -0.39 is 10.0 Å². The van der Waals surface area contributed by atoms with E-state index in [1.54, 1.807) is 36.6 Å². The number of nitrogens with zero attached hydrogens (tertiary/aromatic N) is 1. The number of benzene rings is 2. The smallest absolute Gasteiger partial charge is 0.264 e. The highest BCUT2D eigenvalue weighted by Gasteiger charge is 2.26. The molecule has 2 heterocycles. The number of hydrogen-bond donors (Lipinski definition) is 2. The predicted octanol–water partition coefficient (Wildman–Crippen LogP) is 2.97. The topological polar surface area (TPSA) is 88.2 Å². The highest BCUT2D eigenvalue weighted by Crippen LogP contribution is 2.37. The number of aryl methyl sites for hydroxylation is 1. The van der Waals surface area contributed by atoms with Gasteiger partial charge in [-0.15, -0.1) is 11.3 Å². The quantitative estimate of drug-likeness (QED) is 0.764. The van der Waals surface area contributed by atoms with Gasteiger partial charge < -0.3 is 5.32 Å². The minimum Gasteiger partial charge on any atom is -0.321 e. The van der Waals surface area contributed by atoms with Crippen LogP contribution in [0.5, 0.6) is 0 Å². The zero-order valence-corrected chi connectivity index (χ0v) is 13.6. The van der Waals surface area contributed by atoms with Crippen molar-refractivity contribution in [1.29, 1.82) is 0 Å². The third-order valence-corrected chi connectivity index (χ3v) is 6.03. The summed E-state index contributed by atoms with van der Waals surface area (Å²) in [6.45, 7) is 1.80. The van der Waals surface area contributed by atoms with Crippen LogP contribution in [-0.4, -0.2) is 19.3 Å². The molecule has 116 valence electrons. The molecule has 0 unspecified atom stereocenters. The largest absolute Gasteiger partial charge is 0.321 e. The average molecular weight is 345 g/mol. The Balaban J connectivity index is 1.90. The van der Waals surface area contributed by atoms with E-state index in [0.29, 0.717) is 27.2 Å². The maximum atomic E-state index is 12.7. The van der Waals surface area contributed by atoms with Gasteiger partial charge in [0.25, 0.3) is 15.9 Å². The molecular weight excluding hydrogens is 334 g/mol. The Morgan fingerprint density at radius 3 is 2.78 bits per heavy atom. The van der Waals surface area contributed by atoms with Crippen LogP contribution in [0.3, 0.4) is 0 Å². The van der Waals surface area contributed by atoms with Crippen molar-refractivity contribution in [1.82, 2.24) is 4.98 Å². The van der Waals surface area contributed by atoms with E-state index in [9.17, 15) is 13.2 Å². The monoisotopic (exact) mass is 345 g/mol. The molecule has 3 aromatic rings. The molecule has 0 saturated heterocycles. The number of thiazole rings is 1. The Hall–Kier alpha value is -2.45. The average Bonchev–Trinajstić information content (AvgIpc) is 3.04. The summed E-state index contributed by atoms with van der Waals surface area (Å²) in [7, 11) is -3.79. The first kappa shape index (κ1) is 14.2. The fourth-order valence-electron chi connectivity index (χ4n) is 2.67. The third kappa shape index (κ3) is 2.18. The second-order valence-corrected chi connectivity index (χ2v) is 7.70. The second-order valence-electron chi connectivity index (χ2n) is 5.19. The molecule has 6 nitrogen and oxygen atoms in total. The van der Waals surface area contributed by atoms with Gasteiger partial charge in [0, 0.05) is 27.4 Å². The number of rotatable bonds is 3. The van der Waals surface area contributed by atoms with Crippen LogP contribution in [0.15, 0.2) is 40.6 Å². The minimum absolute atomic E-state index is 0.127. The standard InChI is InChI=1S/C15H11N3O3S2/c1-8-7-22-15(16-8)18-23(20,21)12-6-5-11-13-9(12)3-2-4-10(13)14(19)17-11/h2-7H,1H3,(H,16,18)(H,17,19). The van der Waals surface area contributed by atoms with Crippen molar-refractivity contribution in [2.24, 2.45) is 0 Å². The molecule has 1 amide bonds. The maximum absolute atomic E-state index is 12.7. The van der Waals surface area contributed by atoms with Crippen LogP contribution in [0.1, 0.15) is 16.1 Å². The van der Waals surface area contributed by atoms with Crippen molar-refractivity contribution < 1.29 is 13.2 Å². The first-order valence-electron chi connectivity index (χ1n) is 6.78. The van der Waals surface area contributed by atoms with Crippen LogP contribution in [-0.2, 0) is 10.0 Å². The molecule has 0 bridgehead atoms. The Labute approximate surface area is 136 Å². The molecule has 0 saturated carbocycles. The Kier molecular flexibility index (Phi) is 2.94. The van der Waals surface area contributed by atoms with E-state index in [4.69, 9.17) is 0 Å². The molecule has 0 atom stereocenters. The SMILES string of the molecule is Cc1csc(NS(=O)(=O)c2ccc3c4c(cccc24)C(=O)N3)n1. The molecule has 1 aromatic heterocycles. The molecule has 8 heteroatoms. The van der Waals surface area contributed by atoms with Crippen molar-refractivity contribution >= 4 is 48.9 Å². The minimum atomic E-state index is -3.79. The molecule has 1 aliphatic rings. The first-order valence-corrected chi connectivity index (χ1v) is 9.14. The number of hydrogen-bond acceptors (Lipinski definition) is 5. The van der Waals surface area contributed by atoms with Crippen LogP contribution < -0.4 is 10.0 Å².